The van der Waals surface area contributed by atoms with E-state index in [1.807, 2.05) is 17.8 Å². The molecule has 2 saturated heterocycles. The molecule has 0 radical (unpaired) electrons. The smallest absolute Gasteiger partial charge is 0.870 e. The summed E-state index contributed by atoms with van der Waals surface area (Å²) < 4.78 is 24.8. The van der Waals surface area contributed by atoms with Gasteiger partial charge in [0.2, 0.25) is 0 Å². The van der Waals surface area contributed by atoms with Crippen LogP contribution in [-0.2, 0) is 9.59 Å². The number of Topliss-reactive ketones (excluding diaryl/α,β-unsaturated/α-hetero) is 2. The van der Waals surface area contributed by atoms with Crippen LogP contribution in [0.25, 0.3) is 6.08 Å². The number of hydrogen-bond donors (Lipinski definition) is 0. The van der Waals surface area contributed by atoms with E-state index in [2.05, 4.69) is 0 Å². The molecule has 2 aromatic carbocycles. The number of aldehydes is 1. The molecule has 0 aliphatic carbocycles. The van der Waals surface area contributed by atoms with Gasteiger partial charge in [0.25, 0.3) is 0 Å². The molecule has 4 rings (SSSR count). The third-order valence-corrected chi connectivity index (χ3v) is 6.35. The minimum atomic E-state index is -0.319. The van der Waals surface area contributed by atoms with Crippen LogP contribution in [-0.4, -0.2) is 46.3 Å². The van der Waals surface area contributed by atoms with Gasteiger partial charge in [-0.1, -0.05) is 12.1 Å². The topological polar surface area (TPSA) is 81.2 Å². The number of benzene rings is 2. The molecule has 0 atom stereocenters. The molecule has 172 valence electrons. The summed E-state index contributed by atoms with van der Waals surface area (Å²) in [7, 11) is 0. The molecular weight excluding hydrogens is 493 g/mol. The number of carbonyl (C=O) groups excluding carboxylic acids is 3. The number of ketones is 2. The zero-order valence-corrected chi connectivity index (χ0v) is 23.2. The minimum Gasteiger partial charge on any atom is -0.870 e. The van der Waals surface area contributed by atoms with Crippen LogP contribution in [0.3, 0.4) is 0 Å². The Bertz CT molecular complexity index is 896. The van der Waals surface area contributed by atoms with Crippen molar-refractivity contribution in [1.82, 2.24) is 0 Å². The fourth-order valence-electron chi connectivity index (χ4n) is 2.61. The molecule has 0 aromatic heterocycles. The predicted octanol–water partition coefficient (Wildman–Crippen LogP) is 2.46. The van der Waals surface area contributed by atoms with E-state index in [1.165, 1.54) is 36.4 Å². The van der Waals surface area contributed by atoms with E-state index in [-0.39, 0.29) is 74.3 Å². The van der Waals surface area contributed by atoms with Gasteiger partial charge in [-0.3, -0.25) is 14.4 Å². The maximum absolute atomic E-state index is 12.7. The molecule has 33 heavy (non-hydrogen) atoms. The summed E-state index contributed by atoms with van der Waals surface area (Å²) >= 11 is 3.64. The molecule has 0 bridgehead atoms. The number of hydrogen-bond acceptors (Lipinski definition) is 6. The number of carbonyl (C=O) groups is 3. The summed E-state index contributed by atoms with van der Waals surface area (Å²) in [5.41, 5.74) is 2.23. The Morgan fingerprint density at radius 2 is 1.21 bits per heavy atom. The van der Waals surface area contributed by atoms with E-state index >= 15 is 0 Å². The maximum atomic E-state index is 12.7. The number of halogens is 2. The quantitative estimate of drug-likeness (QED) is 0.345. The summed E-state index contributed by atoms with van der Waals surface area (Å²) in [5.74, 6) is 3.90. The van der Waals surface area contributed by atoms with E-state index in [9.17, 15) is 23.2 Å². The van der Waals surface area contributed by atoms with Gasteiger partial charge < -0.3 is 5.48 Å². The van der Waals surface area contributed by atoms with Crippen LogP contribution < -0.4 is 51.4 Å². The van der Waals surface area contributed by atoms with Crippen molar-refractivity contribution in [3.63, 3.8) is 0 Å². The fraction of sp³-hybridized carbons (Fsp3) is 0.292. The zero-order chi connectivity index (χ0) is 22.5. The molecule has 2 aromatic rings. The first-order valence-electron chi connectivity index (χ1n) is 9.85. The SMILES string of the molecule is O=C1CCSC/C1=C\c1ccc(F)cc1.O=C1CCSCC1.O=Cc1ccc(F)cc1.[K+].[OH-]. The van der Waals surface area contributed by atoms with Gasteiger partial charge >= 0.3 is 51.4 Å². The van der Waals surface area contributed by atoms with Crippen molar-refractivity contribution in [3.8, 4) is 0 Å². The van der Waals surface area contributed by atoms with Crippen LogP contribution in [0.5, 0.6) is 0 Å². The standard InChI is InChI=1S/C12H11FOS.C7H5FO.C5H8OS.K.H2O/c13-11-3-1-9(2-4-11)7-10-8-15-6-5-12(10)14;8-7-3-1-6(5-9)2-4-7;6-5-1-3-7-4-2-5;;/h1-4,7H,5-6,8H2;1-5H;1-4H2;;1H2/q;;;+1;/p-1/b10-7+;;;;. The summed E-state index contributed by atoms with van der Waals surface area (Å²) in [4.78, 5) is 32.0. The molecule has 0 unspecified atom stereocenters. The van der Waals surface area contributed by atoms with Crippen molar-refractivity contribution in [1.29, 1.82) is 0 Å². The van der Waals surface area contributed by atoms with E-state index in [4.69, 9.17) is 0 Å². The Morgan fingerprint density at radius 1 is 0.727 bits per heavy atom. The molecule has 0 saturated carbocycles. The molecule has 4 nitrogen and oxygen atoms in total. The summed E-state index contributed by atoms with van der Waals surface area (Å²) in [6, 6.07) is 11.6. The van der Waals surface area contributed by atoms with E-state index in [0.717, 1.165) is 47.0 Å². The molecule has 2 aliphatic rings. The van der Waals surface area contributed by atoms with Crippen LogP contribution in [0.4, 0.5) is 8.78 Å². The number of thioether (sulfide) groups is 2. The van der Waals surface area contributed by atoms with Crippen molar-refractivity contribution >= 4 is 47.5 Å². The predicted molar refractivity (Wildman–Crippen MR) is 127 cm³/mol. The van der Waals surface area contributed by atoms with Crippen molar-refractivity contribution < 1.29 is 80.0 Å². The molecule has 1 N–H and O–H groups in total. The van der Waals surface area contributed by atoms with Crippen LogP contribution in [0.1, 0.15) is 35.2 Å². The van der Waals surface area contributed by atoms with Gasteiger partial charge in [0.05, 0.1) is 0 Å². The summed E-state index contributed by atoms with van der Waals surface area (Å²) in [6.07, 6.45) is 4.78. The third kappa shape index (κ3) is 13.7. The first-order chi connectivity index (χ1) is 15.0. The van der Waals surface area contributed by atoms with Crippen LogP contribution >= 0.6 is 23.5 Å². The number of rotatable bonds is 2. The molecular formula is C24H25F2KO4S2. The van der Waals surface area contributed by atoms with Crippen LogP contribution in [0.15, 0.2) is 54.1 Å². The Labute approximate surface area is 244 Å². The fourth-order valence-corrected chi connectivity index (χ4v) is 4.50. The van der Waals surface area contributed by atoms with Gasteiger partial charge in [-0.15, -0.1) is 0 Å². The van der Waals surface area contributed by atoms with Crippen LogP contribution in [0.2, 0.25) is 0 Å². The first kappa shape index (κ1) is 32.3. The second-order valence-corrected chi connectivity index (χ2v) is 9.10. The van der Waals surface area contributed by atoms with Gasteiger partial charge in [-0.05, 0) is 48.0 Å². The molecule has 2 aliphatic heterocycles. The van der Waals surface area contributed by atoms with Crippen molar-refractivity contribution in [2.45, 2.75) is 19.3 Å². The largest absolute Gasteiger partial charge is 1.00 e. The van der Waals surface area contributed by atoms with Crippen LogP contribution in [0, 0.1) is 11.6 Å². The van der Waals surface area contributed by atoms with Crippen molar-refractivity contribution in [2.75, 3.05) is 23.0 Å². The molecule has 2 heterocycles. The summed E-state index contributed by atoms with van der Waals surface area (Å²) in [5, 5.41) is 0. The van der Waals surface area contributed by atoms with Crippen molar-refractivity contribution in [2.24, 2.45) is 0 Å². The maximum Gasteiger partial charge on any atom is 1.00 e. The van der Waals surface area contributed by atoms with Gasteiger partial charge in [0.15, 0.2) is 5.78 Å². The Balaban J connectivity index is 0.000000491. The second-order valence-electron chi connectivity index (χ2n) is 6.77. The average Bonchev–Trinajstić information content (AvgIpc) is 2.79. The zero-order valence-electron chi connectivity index (χ0n) is 18.5. The van der Waals surface area contributed by atoms with E-state index in [0.29, 0.717) is 24.1 Å². The van der Waals surface area contributed by atoms with E-state index in [1.54, 1.807) is 23.9 Å². The van der Waals surface area contributed by atoms with Gasteiger partial charge in [-0.2, -0.15) is 23.5 Å². The second kappa shape index (κ2) is 18.6. The molecule has 9 heteroatoms. The Hall–Kier alpha value is -0.654. The average molecular weight is 519 g/mol. The third-order valence-electron chi connectivity index (χ3n) is 4.36. The van der Waals surface area contributed by atoms with E-state index < -0.39 is 0 Å². The Morgan fingerprint density at radius 3 is 1.64 bits per heavy atom. The van der Waals surface area contributed by atoms with Gasteiger partial charge in [-0.25, -0.2) is 8.78 Å². The van der Waals surface area contributed by atoms with Crippen molar-refractivity contribution in [3.05, 3.63) is 76.9 Å². The van der Waals surface area contributed by atoms with Gasteiger partial charge in [0, 0.05) is 53.4 Å². The first-order valence-corrected chi connectivity index (χ1v) is 12.2. The Kier molecular flexibility index (Phi) is 18.3. The molecule has 0 amide bonds. The molecule has 2 fully saturated rings. The minimum absolute atomic E-state index is 0. The molecule has 0 spiro atoms. The van der Waals surface area contributed by atoms with Gasteiger partial charge in [0.1, 0.15) is 23.7 Å². The normalized spacial score (nSPS) is 16.1. The monoisotopic (exact) mass is 518 g/mol. The summed E-state index contributed by atoms with van der Waals surface area (Å²) in [6.45, 7) is 0.